The third-order valence-corrected chi connectivity index (χ3v) is 2.84. The van der Waals surface area contributed by atoms with E-state index in [1.807, 2.05) is 0 Å². The van der Waals surface area contributed by atoms with Gasteiger partial charge in [-0.05, 0) is 32.9 Å². The van der Waals surface area contributed by atoms with Crippen LogP contribution in [-0.4, -0.2) is 37.1 Å². The van der Waals surface area contributed by atoms with Crippen LogP contribution in [0.5, 0.6) is 0 Å². The molecule has 2 unspecified atom stereocenters. The van der Waals surface area contributed by atoms with Gasteiger partial charge in [-0.15, -0.1) is 6.42 Å². The number of nitrogens with one attached hydrogen (secondary N) is 1. The molecular weight excluding hydrogens is 172 g/mol. The summed E-state index contributed by atoms with van der Waals surface area (Å²) in [6.45, 7) is 4.55. The van der Waals surface area contributed by atoms with Gasteiger partial charge < -0.3 is 4.90 Å². The summed E-state index contributed by atoms with van der Waals surface area (Å²) in [5.41, 5.74) is 0. The molecule has 1 aliphatic rings. The van der Waals surface area contributed by atoms with Crippen molar-refractivity contribution in [2.75, 3.05) is 20.1 Å². The largest absolute Gasteiger partial charge is 0.305 e. The molecule has 0 spiro atoms. The van der Waals surface area contributed by atoms with Crippen molar-refractivity contribution in [3.05, 3.63) is 0 Å². The van der Waals surface area contributed by atoms with Crippen LogP contribution in [0, 0.1) is 12.3 Å². The molecule has 1 saturated heterocycles. The Morgan fingerprint density at radius 3 is 3.00 bits per heavy atom. The SMILES string of the molecule is C#CC(CCC)NC1CCCN(C)C1. The van der Waals surface area contributed by atoms with E-state index in [4.69, 9.17) is 6.42 Å². The van der Waals surface area contributed by atoms with Crippen molar-refractivity contribution in [1.82, 2.24) is 10.2 Å². The van der Waals surface area contributed by atoms with Crippen LogP contribution in [0.25, 0.3) is 0 Å². The monoisotopic (exact) mass is 194 g/mol. The van der Waals surface area contributed by atoms with E-state index in [2.05, 4.69) is 30.1 Å². The predicted molar refractivity (Wildman–Crippen MR) is 61.2 cm³/mol. The van der Waals surface area contributed by atoms with Gasteiger partial charge in [0.2, 0.25) is 0 Å². The van der Waals surface area contributed by atoms with Crippen LogP contribution in [0.2, 0.25) is 0 Å². The Morgan fingerprint density at radius 1 is 1.64 bits per heavy atom. The number of likely N-dealkylation sites (N-methyl/N-ethyl adjacent to an activating group) is 1. The zero-order valence-electron chi connectivity index (χ0n) is 9.42. The molecule has 2 atom stereocenters. The number of rotatable bonds is 4. The maximum Gasteiger partial charge on any atom is 0.0689 e. The van der Waals surface area contributed by atoms with E-state index in [0.29, 0.717) is 6.04 Å². The van der Waals surface area contributed by atoms with Crippen molar-refractivity contribution < 1.29 is 0 Å². The van der Waals surface area contributed by atoms with Crippen molar-refractivity contribution in [3.63, 3.8) is 0 Å². The Morgan fingerprint density at radius 2 is 2.43 bits per heavy atom. The average molecular weight is 194 g/mol. The second kappa shape index (κ2) is 6.06. The third kappa shape index (κ3) is 3.69. The molecule has 0 bridgehead atoms. The number of piperidine rings is 1. The fraction of sp³-hybridized carbons (Fsp3) is 0.833. The molecule has 1 heterocycles. The Bertz CT molecular complexity index is 195. The van der Waals surface area contributed by atoms with Gasteiger partial charge in [0.25, 0.3) is 0 Å². The summed E-state index contributed by atoms with van der Waals surface area (Å²) >= 11 is 0. The minimum Gasteiger partial charge on any atom is -0.305 e. The summed E-state index contributed by atoms with van der Waals surface area (Å²) in [5, 5.41) is 3.56. The van der Waals surface area contributed by atoms with Crippen LogP contribution in [-0.2, 0) is 0 Å². The molecule has 80 valence electrons. The number of nitrogens with zero attached hydrogens (tertiary/aromatic N) is 1. The van der Waals surface area contributed by atoms with Crippen LogP contribution in [0.3, 0.4) is 0 Å². The summed E-state index contributed by atoms with van der Waals surface area (Å²) < 4.78 is 0. The molecule has 1 fully saturated rings. The zero-order valence-corrected chi connectivity index (χ0v) is 9.42. The van der Waals surface area contributed by atoms with E-state index < -0.39 is 0 Å². The summed E-state index contributed by atoms with van der Waals surface area (Å²) in [6, 6.07) is 0.873. The number of terminal acetylenes is 1. The standard InChI is InChI=1S/C12H22N2/c1-4-7-11(5-2)13-12-8-6-9-14(3)10-12/h2,11-13H,4,6-10H2,1,3H3. The Labute approximate surface area is 88.1 Å². The lowest BCUT2D eigenvalue weighted by atomic mass is 10.0. The lowest BCUT2D eigenvalue weighted by molar-refractivity contribution is 0.221. The third-order valence-electron chi connectivity index (χ3n) is 2.84. The van der Waals surface area contributed by atoms with Gasteiger partial charge in [0.15, 0.2) is 0 Å². The minimum absolute atomic E-state index is 0.275. The smallest absolute Gasteiger partial charge is 0.0689 e. The Kier molecular flexibility index (Phi) is 5.00. The van der Waals surface area contributed by atoms with E-state index in [9.17, 15) is 0 Å². The van der Waals surface area contributed by atoms with Crippen LogP contribution < -0.4 is 5.32 Å². The first-order valence-corrected chi connectivity index (χ1v) is 5.67. The Balaban J connectivity index is 2.30. The van der Waals surface area contributed by atoms with Gasteiger partial charge in [0, 0.05) is 12.6 Å². The molecule has 1 aliphatic heterocycles. The van der Waals surface area contributed by atoms with Crippen LogP contribution in [0.4, 0.5) is 0 Å². The molecule has 0 aliphatic carbocycles. The summed E-state index contributed by atoms with van der Waals surface area (Å²) in [7, 11) is 2.18. The second-order valence-corrected chi connectivity index (χ2v) is 4.28. The van der Waals surface area contributed by atoms with E-state index in [0.717, 1.165) is 19.4 Å². The molecule has 1 N–H and O–H groups in total. The fourth-order valence-corrected chi connectivity index (χ4v) is 2.09. The maximum absolute atomic E-state index is 5.48. The van der Waals surface area contributed by atoms with Gasteiger partial charge in [-0.2, -0.15) is 0 Å². The first-order valence-electron chi connectivity index (χ1n) is 5.67. The average Bonchev–Trinajstić information content (AvgIpc) is 2.17. The van der Waals surface area contributed by atoms with Gasteiger partial charge in [-0.1, -0.05) is 19.3 Å². The highest BCUT2D eigenvalue weighted by Gasteiger charge is 2.18. The molecule has 0 radical (unpaired) electrons. The highest BCUT2D eigenvalue weighted by molar-refractivity contribution is 5.00. The van der Waals surface area contributed by atoms with Gasteiger partial charge in [0.1, 0.15) is 0 Å². The lowest BCUT2D eigenvalue weighted by Crippen LogP contribution is -2.47. The molecule has 2 heteroatoms. The molecule has 2 nitrogen and oxygen atoms in total. The van der Waals surface area contributed by atoms with Crippen LogP contribution in [0.15, 0.2) is 0 Å². The molecule has 0 amide bonds. The molecule has 14 heavy (non-hydrogen) atoms. The van der Waals surface area contributed by atoms with Gasteiger partial charge in [0.05, 0.1) is 6.04 Å². The molecule has 0 saturated carbocycles. The topological polar surface area (TPSA) is 15.3 Å². The van der Waals surface area contributed by atoms with Gasteiger partial charge >= 0.3 is 0 Å². The van der Waals surface area contributed by atoms with Crippen molar-refractivity contribution in [2.24, 2.45) is 0 Å². The van der Waals surface area contributed by atoms with Crippen LogP contribution >= 0.6 is 0 Å². The van der Waals surface area contributed by atoms with E-state index >= 15 is 0 Å². The van der Waals surface area contributed by atoms with Crippen molar-refractivity contribution in [1.29, 1.82) is 0 Å². The molecule has 0 aromatic carbocycles. The first kappa shape index (κ1) is 11.6. The minimum atomic E-state index is 0.275. The maximum atomic E-state index is 5.48. The second-order valence-electron chi connectivity index (χ2n) is 4.28. The van der Waals surface area contributed by atoms with Crippen molar-refractivity contribution >= 4 is 0 Å². The van der Waals surface area contributed by atoms with Crippen molar-refractivity contribution in [2.45, 2.75) is 44.7 Å². The van der Waals surface area contributed by atoms with E-state index in [1.165, 1.54) is 19.4 Å². The number of likely N-dealkylation sites (tertiary alicyclic amines) is 1. The zero-order chi connectivity index (χ0) is 10.4. The molecule has 0 aromatic rings. The number of hydrogen-bond acceptors (Lipinski definition) is 2. The van der Waals surface area contributed by atoms with E-state index in [-0.39, 0.29) is 6.04 Å². The summed E-state index contributed by atoms with van der Waals surface area (Å²) in [5.74, 6) is 2.84. The molecular formula is C12H22N2. The highest BCUT2D eigenvalue weighted by Crippen LogP contribution is 2.09. The molecule has 1 rings (SSSR count). The molecule has 0 aromatic heterocycles. The first-order chi connectivity index (χ1) is 6.76. The van der Waals surface area contributed by atoms with Crippen LogP contribution in [0.1, 0.15) is 32.6 Å². The fourth-order valence-electron chi connectivity index (χ4n) is 2.09. The summed E-state index contributed by atoms with van der Waals surface area (Å²) in [4.78, 5) is 2.38. The van der Waals surface area contributed by atoms with E-state index in [1.54, 1.807) is 0 Å². The summed E-state index contributed by atoms with van der Waals surface area (Å²) in [6.07, 6.45) is 10.3. The number of hydrogen-bond donors (Lipinski definition) is 1. The highest BCUT2D eigenvalue weighted by atomic mass is 15.1. The predicted octanol–water partition coefficient (Wildman–Crippen LogP) is 1.47. The Hall–Kier alpha value is -0.520. The quantitative estimate of drug-likeness (QED) is 0.682. The van der Waals surface area contributed by atoms with Gasteiger partial charge in [-0.3, -0.25) is 5.32 Å². The normalized spacial score (nSPS) is 25.6. The van der Waals surface area contributed by atoms with Gasteiger partial charge in [-0.25, -0.2) is 0 Å². The van der Waals surface area contributed by atoms with Crippen molar-refractivity contribution in [3.8, 4) is 12.3 Å². The lowest BCUT2D eigenvalue weighted by Gasteiger charge is -2.32.